The summed E-state index contributed by atoms with van der Waals surface area (Å²) in [5, 5.41) is 13.9. The van der Waals surface area contributed by atoms with Crippen LogP contribution in [0.4, 0.5) is 4.39 Å². The number of rotatable bonds is 5. The Labute approximate surface area is 149 Å². The van der Waals surface area contributed by atoms with Crippen LogP contribution in [-0.4, -0.2) is 42.1 Å². The van der Waals surface area contributed by atoms with Gasteiger partial charge in [0, 0.05) is 19.6 Å². The van der Waals surface area contributed by atoms with Crippen LogP contribution >= 0.6 is 0 Å². The van der Waals surface area contributed by atoms with Crippen LogP contribution in [0.25, 0.3) is 0 Å². The molecule has 0 radical (unpaired) electrons. The molecule has 1 aromatic rings. The molecule has 0 bridgehead atoms. The first kappa shape index (κ1) is 18.3. The van der Waals surface area contributed by atoms with Crippen LogP contribution in [0, 0.1) is 11.7 Å². The predicted octanol–water partition coefficient (Wildman–Crippen LogP) is 2.81. The van der Waals surface area contributed by atoms with E-state index in [-0.39, 0.29) is 11.7 Å². The first-order valence-corrected chi connectivity index (χ1v) is 9.53. The molecule has 25 heavy (non-hydrogen) atoms. The first-order chi connectivity index (χ1) is 12.0. The van der Waals surface area contributed by atoms with Crippen LogP contribution in [0.5, 0.6) is 0 Å². The third-order valence-electron chi connectivity index (χ3n) is 5.74. The maximum Gasteiger partial charge on any atom is 0.234 e. The van der Waals surface area contributed by atoms with Gasteiger partial charge in [-0.1, -0.05) is 31.4 Å². The van der Waals surface area contributed by atoms with Crippen molar-refractivity contribution >= 4 is 5.91 Å². The maximum atomic E-state index is 13.1. The fourth-order valence-electron chi connectivity index (χ4n) is 4.04. The van der Waals surface area contributed by atoms with Crippen LogP contribution in [-0.2, 0) is 10.4 Å². The predicted molar refractivity (Wildman–Crippen MR) is 95.6 cm³/mol. The molecule has 2 fully saturated rings. The summed E-state index contributed by atoms with van der Waals surface area (Å²) in [4.78, 5) is 14.3. The van der Waals surface area contributed by atoms with E-state index in [1.165, 1.54) is 44.2 Å². The van der Waals surface area contributed by atoms with Gasteiger partial charge in [0.2, 0.25) is 5.91 Å². The van der Waals surface area contributed by atoms with Gasteiger partial charge < -0.3 is 10.4 Å². The van der Waals surface area contributed by atoms with Crippen LogP contribution in [0.15, 0.2) is 24.3 Å². The molecular weight excluding hydrogens is 319 g/mol. The third kappa shape index (κ3) is 5.02. The molecule has 0 spiro atoms. The van der Waals surface area contributed by atoms with Gasteiger partial charge >= 0.3 is 0 Å². The van der Waals surface area contributed by atoms with E-state index >= 15 is 0 Å². The number of hydrogen-bond donors (Lipinski definition) is 2. The molecule has 0 aromatic heterocycles. The van der Waals surface area contributed by atoms with Gasteiger partial charge in [-0.25, -0.2) is 4.39 Å². The number of aliphatic hydroxyl groups is 1. The summed E-state index contributed by atoms with van der Waals surface area (Å²) in [5.74, 6) is 0.430. The summed E-state index contributed by atoms with van der Waals surface area (Å²) in [7, 11) is 0. The van der Waals surface area contributed by atoms with Crippen molar-refractivity contribution in [3.8, 4) is 0 Å². The molecule has 2 N–H and O–H groups in total. The van der Waals surface area contributed by atoms with Crippen molar-refractivity contribution in [1.29, 1.82) is 0 Å². The molecular formula is C20H29FN2O2. The summed E-state index contributed by atoms with van der Waals surface area (Å²) in [6.07, 6.45) is 7.49. The highest BCUT2D eigenvalue weighted by Crippen LogP contribution is 2.32. The van der Waals surface area contributed by atoms with Crippen LogP contribution in [0.1, 0.15) is 50.5 Å². The van der Waals surface area contributed by atoms with Crippen molar-refractivity contribution in [1.82, 2.24) is 10.2 Å². The molecule has 0 atom stereocenters. The van der Waals surface area contributed by atoms with Crippen LogP contribution in [0.2, 0.25) is 0 Å². The largest absolute Gasteiger partial charge is 0.385 e. The number of nitrogens with one attached hydrogen (secondary N) is 1. The van der Waals surface area contributed by atoms with Crippen molar-refractivity contribution in [3.63, 3.8) is 0 Å². The van der Waals surface area contributed by atoms with E-state index in [0.717, 1.165) is 12.1 Å². The van der Waals surface area contributed by atoms with Crippen molar-refractivity contribution in [3.05, 3.63) is 35.6 Å². The van der Waals surface area contributed by atoms with Gasteiger partial charge in [-0.2, -0.15) is 0 Å². The quantitative estimate of drug-likeness (QED) is 0.860. The number of piperidine rings is 1. The number of nitrogens with zero attached hydrogens (tertiary/aromatic N) is 1. The van der Waals surface area contributed by atoms with E-state index in [2.05, 4.69) is 10.2 Å². The Bertz CT molecular complexity index is 562. The molecule has 3 rings (SSSR count). The monoisotopic (exact) mass is 348 g/mol. The minimum atomic E-state index is -0.914. The highest BCUT2D eigenvalue weighted by molar-refractivity contribution is 5.78. The lowest BCUT2D eigenvalue weighted by molar-refractivity contribution is -0.123. The number of hydrogen-bond acceptors (Lipinski definition) is 3. The summed E-state index contributed by atoms with van der Waals surface area (Å²) >= 11 is 0. The van der Waals surface area contributed by atoms with Gasteiger partial charge in [-0.15, -0.1) is 0 Å². The van der Waals surface area contributed by atoms with E-state index in [4.69, 9.17) is 0 Å². The summed E-state index contributed by atoms with van der Waals surface area (Å²) < 4.78 is 13.1. The molecule has 1 aliphatic carbocycles. The van der Waals surface area contributed by atoms with Crippen molar-refractivity contribution < 1.29 is 14.3 Å². The van der Waals surface area contributed by atoms with Gasteiger partial charge in [0.15, 0.2) is 0 Å². The number of halogens is 1. The Morgan fingerprint density at radius 1 is 1.16 bits per heavy atom. The molecule has 0 unspecified atom stereocenters. The summed E-state index contributed by atoms with van der Waals surface area (Å²) in [5.41, 5.74) is -0.154. The lowest BCUT2D eigenvalue weighted by Crippen LogP contribution is -2.46. The highest BCUT2D eigenvalue weighted by atomic mass is 19.1. The molecule has 1 heterocycles. The zero-order valence-corrected chi connectivity index (χ0v) is 14.8. The van der Waals surface area contributed by atoms with Gasteiger partial charge in [-0.05, 0) is 49.3 Å². The maximum absolute atomic E-state index is 13.1. The lowest BCUT2D eigenvalue weighted by Gasteiger charge is -2.38. The zero-order valence-electron chi connectivity index (χ0n) is 14.8. The fraction of sp³-hybridized carbons (Fsp3) is 0.650. The Balaban J connectivity index is 1.42. The minimum Gasteiger partial charge on any atom is -0.385 e. The molecule has 1 aromatic carbocycles. The number of amides is 1. The van der Waals surface area contributed by atoms with Crippen molar-refractivity contribution in [2.75, 3.05) is 26.2 Å². The smallest absolute Gasteiger partial charge is 0.234 e. The van der Waals surface area contributed by atoms with Crippen molar-refractivity contribution in [2.45, 2.75) is 50.5 Å². The first-order valence-electron chi connectivity index (χ1n) is 9.53. The molecule has 4 nitrogen and oxygen atoms in total. The van der Waals surface area contributed by atoms with Crippen molar-refractivity contribution in [2.24, 2.45) is 5.92 Å². The Morgan fingerprint density at radius 2 is 1.80 bits per heavy atom. The second-order valence-electron chi connectivity index (χ2n) is 7.62. The average Bonchev–Trinajstić information content (AvgIpc) is 2.63. The molecule has 2 aliphatic rings. The zero-order chi connectivity index (χ0) is 17.7. The molecule has 1 saturated carbocycles. The minimum absolute atomic E-state index is 0.0813. The third-order valence-corrected chi connectivity index (χ3v) is 5.74. The highest BCUT2D eigenvalue weighted by Gasteiger charge is 2.34. The van der Waals surface area contributed by atoms with E-state index in [0.29, 0.717) is 38.4 Å². The van der Waals surface area contributed by atoms with Gasteiger partial charge in [0.1, 0.15) is 5.82 Å². The van der Waals surface area contributed by atoms with Gasteiger partial charge in [0.05, 0.1) is 12.1 Å². The molecule has 5 heteroatoms. The molecule has 1 saturated heterocycles. The normalized spacial score (nSPS) is 21.8. The second kappa shape index (κ2) is 8.28. The summed E-state index contributed by atoms with van der Waals surface area (Å²) in [6.45, 7) is 2.54. The standard InChI is InChI=1S/C20H29FN2O2/c21-18-8-6-17(7-9-18)20(25)10-12-23(13-11-20)15-19(24)22-14-16-4-2-1-3-5-16/h6-9,16,25H,1-5,10-15H2,(H,22,24). The number of likely N-dealkylation sites (tertiary alicyclic amines) is 1. The Morgan fingerprint density at radius 3 is 2.44 bits per heavy atom. The average molecular weight is 348 g/mol. The summed E-state index contributed by atoms with van der Waals surface area (Å²) in [6, 6.07) is 6.08. The van der Waals surface area contributed by atoms with E-state index < -0.39 is 5.60 Å². The van der Waals surface area contributed by atoms with Crippen LogP contribution in [0.3, 0.4) is 0 Å². The van der Waals surface area contributed by atoms with E-state index in [1.54, 1.807) is 12.1 Å². The molecule has 1 aliphatic heterocycles. The topological polar surface area (TPSA) is 52.6 Å². The lowest BCUT2D eigenvalue weighted by atomic mass is 9.84. The van der Waals surface area contributed by atoms with Gasteiger partial charge in [-0.3, -0.25) is 9.69 Å². The number of benzene rings is 1. The van der Waals surface area contributed by atoms with E-state index in [9.17, 15) is 14.3 Å². The number of carbonyl (C=O) groups is 1. The Kier molecular flexibility index (Phi) is 6.07. The van der Waals surface area contributed by atoms with E-state index in [1.807, 2.05) is 0 Å². The molecule has 138 valence electrons. The SMILES string of the molecule is O=C(CN1CCC(O)(c2ccc(F)cc2)CC1)NCC1CCCCC1. The number of carbonyl (C=O) groups excluding carboxylic acids is 1. The van der Waals surface area contributed by atoms with Gasteiger partial charge in [0.25, 0.3) is 0 Å². The fourth-order valence-corrected chi connectivity index (χ4v) is 4.04. The Hall–Kier alpha value is -1.46. The molecule has 1 amide bonds. The van der Waals surface area contributed by atoms with Crippen LogP contribution < -0.4 is 5.32 Å². The second-order valence-corrected chi connectivity index (χ2v) is 7.62.